The van der Waals surface area contributed by atoms with Crippen molar-refractivity contribution in [2.75, 3.05) is 20.6 Å². The monoisotopic (exact) mass is 460 g/mol. The summed E-state index contributed by atoms with van der Waals surface area (Å²) in [5.74, 6) is 1.18. The second-order valence-corrected chi connectivity index (χ2v) is 5.78. The van der Waals surface area contributed by atoms with Crippen molar-refractivity contribution >= 4 is 29.9 Å². The third-order valence-corrected chi connectivity index (χ3v) is 3.72. The highest BCUT2D eigenvalue weighted by atomic mass is 127. The van der Waals surface area contributed by atoms with E-state index in [0.717, 1.165) is 12.5 Å². The standard InChI is InChI=1S/C18H25FN4O.HI/c1-14(24-17-9-7-15(19)8-10-17)12-21-18(20-2)23(4)13-16-6-5-11-22(16)3;/h5-11,14H,12-13H2,1-4H3,(H,20,21);1H. The number of nitrogens with one attached hydrogen (secondary N) is 1. The van der Waals surface area contributed by atoms with E-state index in [4.69, 9.17) is 4.74 Å². The quantitative estimate of drug-likeness (QED) is 0.409. The smallest absolute Gasteiger partial charge is 0.193 e. The fourth-order valence-electron chi connectivity index (χ4n) is 2.39. The van der Waals surface area contributed by atoms with Gasteiger partial charge in [-0.05, 0) is 43.3 Å². The van der Waals surface area contributed by atoms with Gasteiger partial charge in [-0.1, -0.05) is 0 Å². The Labute approximate surface area is 165 Å². The van der Waals surface area contributed by atoms with Crippen LogP contribution in [-0.4, -0.2) is 42.2 Å². The lowest BCUT2D eigenvalue weighted by Gasteiger charge is -2.24. The van der Waals surface area contributed by atoms with Crippen molar-refractivity contribution in [1.29, 1.82) is 0 Å². The molecule has 0 fully saturated rings. The molecule has 0 aliphatic heterocycles. The van der Waals surface area contributed by atoms with Crippen molar-refractivity contribution < 1.29 is 9.13 Å². The highest BCUT2D eigenvalue weighted by Gasteiger charge is 2.10. The molecule has 1 aromatic heterocycles. The average molecular weight is 460 g/mol. The number of halogens is 2. The number of hydrogen-bond donors (Lipinski definition) is 1. The van der Waals surface area contributed by atoms with Crippen LogP contribution in [0, 0.1) is 5.82 Å². The van der Waals surface area contributed by atoms with Gasteiger partial charge in [-0.25, -0.2) is 4.39 Å². The molecule has 0 spiro atoms. The summed E-state index contributed by atoms with van der Waals surface area (Å²) in [5, 5.41) is 3.30. The van der Waals surface area contributed by atoms with Crippen LogP contribution in [0.1, 0.15) is 12.6 Å². The zero-order valence-electron chi connectivity index (χ0n) is 15.1. The Kier molecular flexibility index (Phi) is 8.74. The maximum atomic E-state index is 12.9. The third kappa shape index (κ3) is 6.56. The lowest BCUT2D eigenvalue weighted by atomic mass is 10.3. The summed E-state index contributed by atoms with van der Waals surface area (Å²) in [6, 6.07) is 10.1. The Morgan fingerprint density at radius 3 is 2.56 bits per heavy atom. The van der Waals surface area contributed by atoms with Gasteiger partial charge in [0.05, 0.1) is 13.1 Å². The molecule has 1 heterocycles. The minimum Gasteiger partial charge on any atom is -0.489 e. The van der Waals surface area contributed by atoms with Gasteiger partial charge in [-0.3, -0.25) is 4.99 Å². The predicted molar refractivity (Wildman–Crippen MR) is 110 cm³/mol. The first kappa shape index (κ1) is 21.3. The molecule has 1 N–H and O–H groups in total. The number of benzene rings is 1. The zero-order valence-corrected chi connectivity index (χ0v) is 17.4. The van der Waals surface area contributed by atoms with Crippen molar-refractivity contribution in [2.24, 2.45) is 12.0 Å². The molecule has 7 heteroatoms. The Morgan fingerprint density at radius 2 is 2.00 bits per heavy atom. The number of aliphatic imine (C=N–C) groups is 1. The van der Waals surface area contributed by atoms with Crippen LogP contribution in [0.25, 0.3) is 0 Å². The highest BCUT2D eigenvalue weighted by molar-refractivity contribution is 14.0. The predicted octanol–water partition coefficient (Wildman–Crippen LogP) is 3.26. The zero-order chi connectivity index (χ0) is 17.5. The SMILES string of the molecule is CN=C(NCC(C)Oc1ccc(F)cc1)N(C)Cc1cccn1C.I. The van der Waals surface area contributed by atoms with Gasteiger partial charge in [0, 0.05) is 33.0 Å². The van der Waals surface area contributed by atoms with Crippen molar-refractivity contribution in [2.45, 2.75) is 19.6 Å². The van der Waals surface area contributed by atoms with Gasteiger partial charge in [0.1, 0.15) is 17.7 Å². The lowest BCUT2D eigenvalue weighted by Crippen LogP contribution is -2.42. The second kappa shape index (κ2) is 10.3. The van der Waals surface area contributed by atoms with Gasteiger partial charge < -0.3 is 19.5 Å². The number of aromatic nitrogens is 1. The number of hydrogen-bond acceptors (Lipinski definition) is 2. The number of nitrogens with zero attached hydrogens (tertiary/aromatic N) is 3. The molecular formula is C18H26FIN4O. The molecule has 0 amide bonds. The summed E-state index contributed by atoms with van der Waals surface area (Å²) in [6.07, 6.45) is 1.95. The second-order valence-electron chi connectivity index (χ2n) is 5.78. The van der Waals surface area contributed by atoms with E-state index in [-0.39, 0.29) is 35.9 Å². The summed E-state index contributed by atoms with van der Waals surface area (Å²) >= 11 is 0. The molecule has 0 saturated heterocycles. The van der Waals surface area contributed by atoms with Crippen molar-refractivity contribution in [3.8, 4) is 5.75 Å². The summed E-state index contributed by atoms with van der Waals surface area (Å²) in [5.41, 5.74) is 1.20. The number of ether oxygens (including phenoxy) is 1. The Bertz CT molecular complexity index is 672. The first-order valence-electron chi connectivity index (χ1n) is 7.94. The fraction of sp³-hybridized carbons (Fsp3) is 0.389. The highest BCUT2D eigenvalue weighted by Crippen LogP contribution is 2.12. The van der Waals surface area contributed by atoms with E-state index in [2.05, 4.69) is 25.8 Å². The molecule has 1 unspecified atom stereocenters. The molecule has 5 nitrogen and oxygen atoms in total. The number of aryl methyl sites for hydroxylation is 1. The third-order valence-electron chi connectivity index (χ3n) is 3.72. The summed E-state index contributed by atoms with van der Waals surface area (Å²) in [6.45, 7) is 3.32. The van der Waals surface area contributed by atoms with Crippen LogP contribution in [0.5, 0.6) is 5.75 Å². The van der Waals surface area contributed by atoms with E-state index >= 15 is 0 Å². The molecule has 0 aliphatic rings. The van der Waals surface area contributed by atoms with Crippen molar-refractivity contribution in [3.05, 3.63) is 54.1 Å². The fourth-order valence-corrected chi connectivity index (χ4v) is 2.39. The van der Waals surface area contributed by atoms with Crippen LogP contribution in [-0.2, 0) is 13.6 Å². The van der Waals surface area contributed by atoms with Crippen molar-refractivity contribution in [3.63, 3.8) is 0 Å². The molecule has 0 radical (unpaired) electrons. The van der Waals surface area contributed by atoms with E-state index in [1.54, 1.807) is 19.2 Å². The van der Waals surface area contributed by atoms with Crippen LogP contribution < -0.4 is 10.1 Å². The van der Waals surface area contributed by atoms with E-state index in [9.17, 15) is 4.39 Å². The molecule has 25 heavy (non-hydrogen) atoms. The Balaban J connectivity index is 0.00000312. The Morgan fingerprint density at radius 1 is 1.32 bits per heavy atom. The largest absolute Gasteiger partial charge is 0.489 e. The molecule has 0 bridgehead atoms. The van der Waals surface area contributed by atoms with Gasteiger partial charge >= 0.3 is 0 Å². The molecule has 138 valence electrons. The minimum atomic E-state index is -0.268. The number of guanidine groups is 1. The number of rotatable bonds is 6. The van der Waals surface area contributed by atoms with Gasteiger partial charge in [0.2, 0.25) is 0 Å². The molecule has 1 aromatic carbocycles. The first-order chi connectivity index (χ1) is 11.5. The van der Waals surface area contributed by atoms with Gasteiger partial charge in [0.25, 0.3) is 0 Å². The first-order valence-corrected chi connectivity index (χ1v) is 7.94. The van der Waals surface area contributed by atoms with Crippen LogP contribution in [0.4, 0.5) is 4.39 Å². The van der Waals surface area contributed by atoms with Crippen LogP contribution >= 0.6 is 24.0 Å². The summed E-state index contributed by atoms with van der Waals surface area (Å²) in [4.78, 5) is 6.36. The van der Waals surface area contributed by atoms with E-state index in [1.807, 2.05) is 33.3 Å². The normalized spacial score (nSPS) is 12.3. The summed E-state index contributed by atoms with van der Waals surface area (Å²) in [7, 11) is 5.78. The van der Waals surface area contributed by atoms with Crippen LogP contribution in [0.3, 0.4) is 0 Å². The topological polar surface area (TPSA) is 41.8 Å². The molecule has 0 saturated carbocycles. The molecule has 0 aliphatic carbocycles. The van der Waals surface area contributed by atoms with Crippen molar-refractivity contribution in [1.82, 2.24) is 14.8 Å². The van der Waals surface area contributed by atoms with Gasteiger partial charge in [-0.2, -0.15) is 0 Å². The Hall–Kier alpha value is -1.77. The maximum absolute atomic E-state index is 12.9. The lowest BCUT2D eigenvalue weighted by molar-refractivity contribution is 0.222. The maximum Gasteiger partial charge on any atom is 0.193 e. The molecule has 2 aromatic rings. The minimum absolute atomic E-state index is 0. The van der Waals surface area contributed by atoms with E-state index in [0.29, 0.717) is 12.3 Å². The molecular weight excluding hydrogens is 434 g/mol. The van der Waals surface area contributed by atoms with Gasteiger partial charge in [0.15, 0.2) is 5.96 Å². The summed E-state index contributed by atoms with van der Waals surface area (Å²) < 4.78 is 20.8. The average Bonchev–Trinajstić information content (AvgIpc) is 2.95. The van der Waals surface area contributed by atoms with Crippen LogP contribution in [0.2, 0.25) is 0 Å². The molecule has 2 rings (SSSR count). The van der Waals surface area contributed by atoms with Crippen LogP contribution in [0.15, 0.2) is 47.6 Å². The van der Waals surface area contributed by atoms with E-state index < -0.39 is 0 Å². The van der Waals surface area contributed by atoms with Gasteiger partial charge in [-0.15, -0.1) is 24.0 Å². The van der Waals surface area contributed by atoms with E-state index in [1.165, 1.54) is 17.8 Å². The molecule has 1 atom stereocenters.